The van der Waals surface area contributed by atoms with Gasteiger partial charge in [0.2, 0.25) is 5.88 Å². The van der Waals surface area contributed by atoms with E-state index in [0.29, 0.717) is 25.2 Å². The lowest BCUT2D eigenvalue weighted by Crippen LogP contribution is -2.19. The van der Waals surface area contributed by atoms with Gasteiger partial charge in [0.05, 0.1) is 6.54 Å². The predicted molar refractivity (Wildman–Crippen MR) is 87.9 cm³/mol. The maximum atomic E-state index is 10.5. The van der Waals surface area contributed by atoms with Gasteiger partial charge in [0.25, 0.3) is 0 Å². The molecule has 4 rings (SSSR count). The Balaban J connectivity index is 1.74. The summed E-state index contributed by atoms with van der Waals surface area (Å²) >= 11 is 0. The zero-order valence-electron chi connectivity index (χ0n) is 12.6. The van der Waals surface area contributed by atoms with Gasteiger partial charge in [-0.2, -0.15) is 0 Å². The fourth-order valence-corrected chi connectivity index (χ4v) is 2.86. The van der Waals surface area contributed by atoms with Crippen LogP contribution < -0.4 is 0 Å². The number of pyridine rings is 1. The van der Waals surface area contributed by atoms with Crippen LogP contribution in [0.4, 0.5) is 0 Å². The molecule has 0 atom stereocenters. The molecule has 114 valence electrons. The molecule has 3 heterocycles. The van der Waals surface area contributed by atoms with Crippen molar-refractivity contribution in [2.75, 3.05) is 6.54 Å². The van der Waals surface area contributed by atoms with Gasteiger partial charge in [0, 0.05) is 30.9 Å². The molecule has 5 heteroatoms. The minimum atomic E-state index is 0.241. The summed E-state index contributed by atoms with van der Waals surface area (Å²) in [6.45, 7) is 1.29. The van der Waals surface area contributed by atoms with E-state index >= 15 is 0 Å². The monoisotopic (exact) mass is 304 g/mol. The molecule has 1 aliphatic heterocycles. The summed E-state index contributed by atoms with van der Waals surface area (Å²) in [5, 5.41) is 10.5. The van der Waals surface area contributed by atoms with Crippen molar-refractivity contribution in [2.45, 2.75) is 13.0 Å². The average Bonchev–Trinajstić information content (AvgIpc) is 2.93. The van der Waals surface area contributed by atoms with E-state index in [4.69, 9.17) is 0 Å². The Hall–Kier alpha value is -2.95. The van der Waals surface area contributed by atoms with Crippen LogP contribution in [0.15, 0.2) is 59.9 Å². The largest absolute Gasteiger partial charge is 0.493 e. The number of fused-ring (bicyclic) bond motifs is 1. The second-order valence-electron chi connectivity index (χ2n) is 5.49. The van der Waals surface area contributed by atoms with Gasteiger partial charge in [0.1, 0.15) is 11.4 Å². The molecule has 0 saturated heterocycles. The summed E-state index contributed by atoms with van der Waals surface area (Å²) < 4.78 is 1.85. The molecule has 0 bridgehead atoms. The topological polar surface area (TPSA) is 63.3 Å². The third-order valence-corrected chi connectivity index (χ3v) is 3.98. The molecular formula is C18H16N4O. The summed E-state index contributed by atoms with van der Waals surface area (Å²) in [7, 11) is 0. The summed E-state index contributed by atoms with van der Waals surface area (Å²) in [5.41, 5.74) is 3.60. The lowest BCUT2D eigenvalue weighted by atomic mass is 10.1. The highest BCUT2D eigenvalue weighted by molar-refractivity contribution is 6.11. The minimum Gasteiger partial charge on any atom is -0.493 e. The first-order valence-electron chi connectivity index (χ1n) is 7.60. The molecule has 1 aromatic carbocycles. The Morgan fingerprint density at radius 2 is 1.83 bits per heavy atom. The molecule has 3 aromatic rings. The van der Waals surface area contributed by atoms with Crippen LogP contribution in [0.25, 0.3) is 0 Å². The van der Waals surface area contributed by atoms with Gasteiger partial charge in [-0.3, -0.25) is 14.5 Å². The van der Waals surface area contributed by atoms with E-state index in [9.17, 15) is 5.11 Å². The minimum absolute atomic E-state index is 0.241. The first-order valence-corrected chi connectivity index (χ1v) is 7.60. The van der Waals surface area contributed by atoms with E-state index in [1.54, 1.807) is 12.4 Å². The molecule has 0 amide bonds. The van der Waals surface area contributed by atoms with Gasteiger partial charge in [-0.25, -0.2) is 4.98 Å². The number of rotatable bonds is 3. The van der Waals surface area contributed by atoms with Gasteiger partial charge < -0.3 is 5.11 Å². The van der Waals surface area contributed by atoms with Crippen molar-refractivity contribution in [3.05, 3.63) is 77.5 Å². The van der Waals surface area contributed by atoms with Crippen molar-refractivity contribution in [1.82, 2.24) is 14.5 Å². The van der Waals surface area contributed by atoms with Crippen LogP contribution in [0.2, 0.25) is 0 Å². The first-order chi connectivity index (χ1) is 11.3. The van der Waals surface area contributed by atoms with Crippen LogP contribution in [0, 0.1) is 0 Å². The number of aromatic nitrogens is 3. The zero-order valence-corrected chi connectivity index (χ0v) is 12.6. The maximum Gasteiger partial charge on any atom is 0.215 e. The quantitative estimate of drug-likeness (QED) is 0.808. The molecule has 5 nitrogen and oxygen atoms in total. The van der Waals surface area contributed by atoms with E-state index < -0.39 is 0 Å². The highest BCUT2D eigenvalue weighted by atomic mass is 16.3. The van der Waals surface area contributed by atoms with E-state index in [1.807, 2.05) is 47.0 Å². The second kappa shape index (κ2) is 5.68. The molecule has 0 aliphatic carbocycles. The highest BCUT2D eigenvalue weighted by Crippen LogP contribution is 2.26. The molecule has 0 fully saturated rings. The van der Waals surface area contributed by atoms with Crippen molar-refractivity contribution in [2.24, 2.45) is 4.99 Å². The second-order valence-corrected chi connectivity index (χ2v) is 5.49. The van der Waals surface area contributed by atoms with Gasteiger partial charge in [-0.15, -0.1) is 0 Å². The molecule has 0 spiro atoms. The molecule has 0 saturated carbocycles. The van der Waals surface area contributed by atoms with E-state index in [-0.39, 0.29) is 5.88 Å². The number of hydrogen-bond donors (Lipinski definition) is 1. The van der Waals surface area contributed by atoms with E-state index in [2.05, 4.69) is 15.0 Å². The molecule has 23 heavy (non-hydrogen) atoms. The Bertz CT molecular complexity index is 853. The molecule has 0 unspecified atom stereocenters. The maximum absolute atomic E-state index is 10.5. The van der Waals surface area contributed by atoms with Crippen molar-refractivity contribution >= 4 is 5.71 Å². The van der Waals surface area contributed by atoms with Crippen LogP contribution in [-0.2, 0) is 13.0 Å². The van der Waals surface area contributed by atoms with Gasteiger partial charge in [-0.1, -0.05) is 30.3 Å². The van der Waals surface area contributed by atoms with Crippen LogP contribution in [0.3, 0.4) is 0 Å². The van der Waals surface area contributed by atoms with Crippen molar-refractivity contribution in [1.29, 1.82) is 0 Å². The number of hydrogen-bond acceptors (Lipinski definition) is 4. The van der Waals surface area contributed by atoms with Crippen LogP contribution in [-0.4, -0.2) is 31.9 Å². The smallest absolute Gasteiger partial charge is 0.215 e. The molecule has 2 aromatic heterocycles. The number of imidazole rings is 1. The Morgan fingerprint density at radius 1 is 1.04 bits per heavy atom. The first kappa shape index (κ1) is 13.7. The van der Waals surface area contributed by atoms with Gasteiger partial charge in [0.15, 0.2) is 5.82 Å². The third kappa shape index (κ3) is 2.50. The standard InChI is InChI=1S/C18H16N4O/c23-18-15(12-13-4-2-1-3-5-13)21-17-16(20-10-11-22(17)18)14-6-8-19-9-7-14/h1-9,23H,10-12H2. The molecule has 1 N–H and O–H groups in total. The normalized spacial score (nSPS) is 13.5. The van der Waals surface area contributed by atoms with E-state index in [1.165, 1.54) is 0 Å². The average molecular weight is 304 g/mol. The predicted octanol–water partition coefficient (Wildman–Crippen LogP) is 2.43. The number of benzene rings is 1. The van der Waals surface area contributed by atoms with Crippen molar-refractivity contribution in [3.63, 3.8) is 0 Å². The Morgan fingerprint density at radius 3 is 2.61 bits per heavy atom. The molecular weight excluding hydrogens is 288 g/mol. The summed E-state index contributed by atoms with van der Waals surface area (Å²) in [6.07, 6.45) is 4.09. The summed E-state index contributed by atoms with van der Waals surface area (Å²) in [5.74, 6) is 0.969. The fraction of sp³-hybridized carbons (Fsp3) is 0.167. The molecule has 1 aliphatic rings. The van der Waals surface area contributed by atoms with Crippen LogP contribution >= 0.6 is 0 Å². The Labute approximate surface area is 134 Å². The van der Waals surface area contributed by atoms with Gasteiger partial charge in [-0.05, 0) is 17.7 Å². The van der Waals surface area contributed by atoms with Crippen LogP contribution in [0.1, 0.15) is 22.6 Å². The van der Waals surface area contributed by atoms with E-state index in [0.717, 1.165) is 22.7 Å². The lowest BCUT2D eigenvalue weighted by molar-refractivity contribution is 0.411. The van der Waals surface area contributed by atoms with Gasteiger partial charge >= 0.3 is 0 Å². The fourth-order valence-electron chi connectivity index (χ4n) is 2.86. The summed E-state index contributed by atoms with van der Waals surface area (Å²) in [6, 6.07) is 13.9. The third-order valence-electron chi connectivity index (χ3n) is 3.98. The molecule has 0 radical (unpaired) electrons. The summed E-state index contributed by atoms with van der Waals surface area (Å²) in [4.78, 5) is 13.3. The highest BCUT2D eigenvalue weighted by Gasteiger charge is 2.23. The number of aliphatic imine (C=N–C) groups is 1. The Kier molecular flexibility index (Phi) is 3.38. The van der Waals surface area contributed by atoms with Crippen LogP contribution in [0.5, 0.6) is 5.88 Å². The zero-order chi connectivity index (χ0) is 15.6. The SMILES string of the molecule is Oc1c(Cc2ccccc2)nc2n1CCN=C2c1ccncc1. The lowest BCUT2D eigenvalue weighted by Gasteiger charge is -2.15. The number of nitrogens with zero attached hydrogens (tertiary/aromatic N) is 4. The van der Waals surface area contributed by atoms with Crippen molar-refractivity contribution < 1.29 is 5.11 Å². The number of aromatic hydroxyl groups is 1. The van der Waals surface area contributed by atoms with Crippen molar-refractivity contribution in [3.8, 4) is 5.88 Å².